The highest BCUT2D eigenvalue weighted by atomic mass is 19.2. The fraction of sp³-hybridized carbons (Fsp3) is 0.500. The van der Waals surface area contributed by atoms with E-state index in [1.807, 2.05) is 6.92 Å². The highest BCUT2D eigenvalue weighted by Crippen LogP contribution is 2.33. The van der Waals surface area contributed by atoms with Gasteiger partial charge in [0.2, 0.25) is 17.7 Å². The number of β-amino-alcohol motifs (C(OH)–C–C–N with tert-alkyl or cyclic N) is 1. The van der Waals surface area contributed by atoms with Crippen molar-refractivity contribution in [2.45, 2.75) is 51.4 Å². The molecule has 1 unspecified atom stereocenters. The molecule has 1 aromatic carbocycles. The zero-order chi connectivity index (χ0) is 25.7. The average Bonchev–Trinajstić information content (AvgIpc) is 3.54. The Balaban J connectivity index is 1.32. The summed E-state index contributed by atoms with van der Waals surface area (Å²) >= 11 is 0. The molecule has 0 bridgehead atoms. The van der Waals surface area contributed by atoms with Crippen molar-refractivity contribution in [3.05, 3.63) is 47.0 Å². The van der Waals surface area contributed by atoms with Gasteiger partial charge >= 0.3 is 0 Å². The van der Waals surface area contributed by atoms with Crippen molar-refractivity contribution >= 4 is 23.4 Å². The quantitative estimate of drug-likeness (QED) is 0.631. The predicted molar refractivity (Wildman–Crippen MR) is 120 cm³/mol. The molecule has 2 aromatic rings. The van der Waals surface area contributed by atoms with E-state index in [-0.39, 0.29) is 55.9 Å². The number of aromatic nitrogens is 2. The van der Waals surface area contributed by atoms with Crippen molar-refractivity contribution in [1.82, 2.24) is 19.6 Å². The van der Waals surface area contributed by atoms with Crippen LogP contribution >= 0.6 is 0 Å². The van der Waals surface area contributed by atoms with Gasteiger partial charge in [0.15, 0.2) is 17.5 Å². The highest BCUT2D eigenvalue weighted by molar-refractivity contribution is 6.00. The summed E-state index contributed by atoms with van der Waals surface area (Å²) in [6, 6.07) is 1.33. The van der Waals surface area contributed by atoms with E-state index < -0.39 is 35.4 Å². The number of aliphatic hydroxyl groups excluding tert-OH is 1. The van der Waals surface area contributed by atoms with E-state index in [1.165, 1.54) is 9.80 Å². The van der Waals surface area contributed by atoms with E-state index >= 15 is 0 Å². The van der Waals surface area contributed by atoms with Crippen LogP contribution in [0.2, 0.25) is 0 Å². The Labute approximate surface area is 205 Å². The van der Waals surface area contributed by atoms with Crippen LogP contribution in [-0.4, -0.2) is 74.2 Å². The zero-order valence-corrected chi connectivity index (χ0v) is 19.7. The smallest absolute Gasteiger partial charge is 0.228 e. The van der Waals surface area contributed by atoms with Crippen molar-refractivity contribution < 1.29 is 32.7 Å². The average molecular weight is 505 g/mol. The molecule has 192 valence electrons. The first-order chi connectivity index (χ1) is 17.1. The summed E-state index contributed by atoms with van der Waals surface area (Å²) < 4.78 is 42.2. The molecule has 3 aliphatic rings. The normalized spacial score (nSPS) is 24.0. The Morgan fingerprint density at radius 2 is 1.86 bits per heavy atom. The topological polar surface area (TPSA) is 99.0 Å². The van der Waals surface area contributed by atoms with E-state index in [9.17, 15) is 32.7 Å². The first-order valence-corrected chi connectivity index (χ1v) is 11.9. The minimum Gasteiger partial charge on any atom is -0.391 e. The van der Waals surface area contributed by atoms with Gasteiger partial charge in [-0.15, -0.1) is 0 Å². The molecule has 0 saturated carbocycles. The van der Waals surface area contributed by atoms with Crippen LogP contribution in [-0.2, 0) is 33.9 Å². The van der Waals surface area contributed by atoms with Gasteiger partial charge < -0.3 is 19.8 Å². The molecule has 3 amide bonds. The maximum Gasteiger partial charge on any atom is 0.228 e. The van der Waals surface area contributed by atoms with Crippen LogP contribution < -0.4 is 4.90 Å². The van der Waals surface area contributed by atoms with Gasteiger partial charge in [0.1, 0.15) is 0 Å². The number of rotatable bonds is 4. The number of nitrogens with zero attached hydrogens (tertiary/aromatic N) is 5. The minimum atomic E-state index is -1.58. The maximum absolute atomic E-state index is 13.6. The van der Waals surface area contributed by atoms with Crippen LogP contribution in [0.3, 0.4) is 0 Å². The molecule has 0 aliphatic carbocycles. The first-order valence-electron chi connectivity index (χ1n) is 11.9. The highest BCUT2D eigenvalue weighted by Gasteiger charge is 2.41. The third kappa shape index (κ3) is 4.34. The van der Waals surface area contributed by atoms with E-state index in [4.69, 9.17) is 0 Å². The van der Waals surface area contributed by atoms with Gasteiger partial charge in [-0.25, -0.2) is 13.2 Å². The minimum absolute atomic E-state index is 0.0195. The molecule has 12 heteroatoms. The number of halogens is 3. The Kier molecular flexibility index (Phi) is 6.23. The fourth-order valence-electron chi connectivity index (χ4n) is 5.24. The van der Waals surface area contributed by atoms with Gasteiger partial charge in [-0.3, -0.25) is 19.1 Å². The van der Waals surface area contributed by atoms with Crippen molar-refractivity contribution in [1.29, 1.82) is 0 Å². The Hall–Kier alpha value is -3.41. The molecule has 0 spiro atoms. The second-order valence-electron chi connectivity index (χ2n) is 9.71. The summed E-state index contributed by atoms with van der Waals surface area (Å²) in [5.41, 5.74) is 1.15. The molecular formula is C24H26F3N5O4. The van der Waals surface area contributed by atoms with Crippen molar-refractivity contribution in [2.75, 3.05) is 24.5 Å². The van der Waals surface area contributed by atoms with E-state index in [0.717, 1.165) is 12.1 Å². The number of hydrogen-bond donors (Lipinski definition) is 1. The second-order valence-corrected chi connectivity index (χ2v) is 9.71. The van der Waals surface area contributed by atoms with Crippen LogP contribution in [0.15, 0.2) is 18.3 Å². The van der Waals surface area contributed by atoms with Gasteiger partial charge in [-0.05, 0) is 31.0 Å². The van der Waals surface area contributed by atoms with Gasteiger partial charge in [0, 0.05) is 32.1 Å². The Bertz CT molecular complexity index is 1210. The number of fused-ring (bicyclic) bond motifs is 1. The molecule has 3 atom stereocenters. The number of hydrogen-bond acceptors (Lipinski definition) is 5. The molecule has 2 saturated heterocycles. The van der Waals surface area contributed by atoms with Crippen molar-refractivity contribution in [3.8, 4) is 0 Å². The van der Waals surface area contributed by atoms with Crippen LogP contribution in [0.4, 0.5) is 18.9 Å². The Morgan fingerprint density at radius 1 is 1.14 bits per heavy atom. The fourth-order valence-corrected chi connectivity index (χ4v) is 5.24. The summed E-state index contributed by atoms with van der Waals surface area (Å²) in [6.07, 6.45) is 1.26. The molecule has 36 heavy (non-hydrogen) atoms. The number of likely N-dealkylation sites (tertiary alicyclic amines) is 1. The number of benzene rings is 1. The van der Waals surface area contributed by atoms with Crippen LogP contribution in [0.25, 0.3) is 0 Å². The number of carbonyl (C=O) groups is 3. The predicted octanol–water partition coefficient (Wildman–Crippen LogP) is 1.22. The lowest BCUT2D eigenvalue weighted by Gasteiger charge is -2.35. The van der Waals surface area contributed by atoms with Gasteiger partial charge in [0.25, 0.3) is 0 Å². The van der Waals surface area contributed by atoms with Gasteiger partial charge in [-0.2, -0.15) is 5.10 Å². The van der Waals surface area contributed by atoms with E-state index in [2.05, 4.69) is 5.10 Å². The van der Waals surface area contributed by atoms with Gasteiger partial charge in [0.05, 0.1) is 49.1 Å². The largest absolute Gasteiger partial charge is 0.391 e. The lowest BCUT2D eigenvalue weighted by molar-refractivity contribution is -0.135. The van der Waals surface area contributed by atoms with Crippen molar-refractivity contribution in [2.24, 2.45) is 5.92 Å². The third-order valence-corrected chi connectivity index (χ3v) is 7.18. The zero-order valence-electron chi connectivity index (χ0n) is 19.7. The van der Waals surface area contributed by atoms with E-state index in [1.54, 1.807) is 15.8 Å². The van der Waals surface area contributed by atoms with Crippen LogP contribution in [0.5, 0.6) is 0 Å². The van der Waals surface area contributed by atoms with Crippen molar-refractivity contribution in [3.63, 3.8) is 0 Å². The molecule has 2 fully saturated rings. The SMILES string of the molecule is C[C@H]1Cn2ncc(N3CC(C(=O)N4CC[C@@H](O)C4)CC3=O)c2CN1C(=O)Cc1cc(F)c(F)c(F)c1. The summed E-state index contributed by atoms with van der Waals surface area (Å²) in [4.78, 5) is 43.4. The monoisotopic (exact) mass is 505 g/mol. The number of carbonyl (C=O) groups excluding carboxylic acids is 3. The number of amides is 3. The molecular weight excluding hydrogens is 479 g/mol. The summed E-state index contributed by atoms with van der Waals surface area (Å²) in [5.74, 6) is -5.61. The van der Waals surface area contributed by atoms with Gasteiger partial charge in [-0.1, -0.05) is 0 Å². The summed E-state index contributed by atoms with van der Waals surface area (Å²) in [5, 5.41) is 14.1. The molecule has 5 rings (SSSR count). The molecule has 1 N–H and O–H groups in total. The molecule has 1 aromatic heterocycles. The molecule has 0 radical (unpaired) electrons. The lowest BCUT2D eigenvalue weighted by Crippen LogP contribution is -2.46. The molecule has 3 aliphatic heterocycles. The van der Waals surface area contributed by atoms with Crippen LogP contribution in [0, 0.1) is 23.4 Å². The Morgan fingerprint density at radius 3 is 2.53 bits per heavy atom. The standard InChI is InChI=1S/C24H26F3N5O4/c1-13-9-32-20(12-30(13)21(34)6-14-4-17(25)23(27)18(26)5-14)19(8-28-32)31-10-15(7-22(31)35)24(36)29-3-2-16(33)11-29/h4-5,8,13,15-16,33H,2-3,6-7,9-12H2,1H3/t13-,15?,16+/m0/s1. The summed E-state index contributed by atoms with van der Waals surface area (Å²) in [6.45, 7) is 3.19. The molecule has 4 heterocycles. The first kappa shape index (κ1) is 24.3. The third-order valence-electron chi connectivity index (χ3n) is 7.18. The van der Waals surface area contributed by atoms with Crippen LogP contribution in [0.1, 0.15) is 31.0 Å². The van der Waals surface area contributed by atoms with E-state index in [0.29, 0.717) is 30.9 Å². The molecule has 9 nitrogen and oxygen atoms in total. The number of anilines is 1. The lowest BCUT2D eigenvalue weighted by atomic mass is 10.1. The summed E-state index contributed by atoms with van der Waals surface area (Å²) in [7, 11) is 0. The number of aliphatic hydroxyl groups is 1. The second kappa shape index (κ2) is 9.23. The maximum atomic E-state index is 13.6.